The molecule has 9 heteroatoms. The largest absolute Gasteiger partial charge is 0.495 e. The van der Waals surface area contributed by atoms with E-state index in [4.69, 9.17) is 4.74 Å². The average Bonchev–Trinajstić information content (AvgIpc) is 3.14. The van der Waals surface area contributed by atoms with Crippen LogP contribution in [0.3, 0.4) is 0 Å². The Bertz CT molecular complexity index is 1040. The molecule has 0 spiro atoms. The topological polar surface area (TPSA) is 99.8 Å². The Hall–Kier alpha value is -2.46. The minimum atomic E-state index is -3.63. The highest BCUT2D eigenvalue weighted by Crippen LogP contribution is 2.31. The molecule has 2 unspecified atom stereocenters. The van der Waals surface area contributed by atoms with Crippen molar-refractivity contribution in [1.82, 2.24) is 15.2 Å². The lowest BCUT2D eigenvalue weighted by molar-refractivity contribution is -0.117. The van der Waals surface area contributed by atoms with Gasteiger partial charge in [-0.1, -0.05) is 43.2 Å². The molecular weight excluding hydrogens is 428 g/mol. The highest BCUT2D eigenvalue weighted by molar-refractivity contribution is 7.89. The minimum absolute atomic E-state index is 0.0172. The van der Waals surface area contributed by atoms with E-state index >= 15 is 0 Å². The Kier molecular flexibility index (Phi) is 7.10. The van der Waals surface area contributed by atoms with Gasteiger partial charge in [0, 0.05) is 19.1 Å². The van der Waals surface area contributed by atoms with Gasteiger partial charge in [0.05, 0.1) is 17.7 Å². The molecule has 0 bridgehead atoms. The van der Waals surface area contributed by atoms with Crippen LogP contribution in [-0.4, -0.2) is 44.9 Å². The van der Waals surface area contributed by atoms with Crippen molar-refractivity contribution in [3.8, 4) is 5.75 Å². The number of nitrogens with one attached hydrogen (secondary N) is 3. The number of nitrogens with zero attached hydrogens (tertiary/aromatic N) is 1. The Morgan fingerprint density at radius 3 is 2.44 bits per heavy atom. The first-order chi connectivity index (χ1) is 15.5. The number of hydrazine groups is 1. The summed E-state index contributed by atoms with van der Waals surface area (Å²) in [6.07, 6.45) is 4.39. The molecule has 2 aliphatic rings. The molecule has 0 radical (unpaired) electrons. The van der Waals surface area contributed by atoms with E-state index in [0.717, 1.165) is 31.2 Å². The number of methoxy groups -OCH3 is 1. The molecule has 0 saturated carbocycles. The van der Waals surface area contributed by atoms with E-state index < -0.39 is 16.1 Å². The summed E-state index contributed by atoms with van der Waals surface area (Å²) in [7, 11) is -2.14. The first-order valence-electron chi connectivity index (χ1n) is 11.0. The van der Waals surface area contributed by atoms with Crippen LogP contribution in [0, 0.1) is 0 Å². The van der Waals surface area contributed by atoms with Crippen LogP contribution in [0.4, 0.5) is 5.69 Å². The van der Waals surface area contributed by atoms with Crippen LogP contribution in [0.5, 0.6) is 5.75 Å². The zero-order valence-electron chi connectivity index (χ0n) is 18.2. The lowest BCUT2D eigenvalue weighted by Crippen LogP contribution is -2.39. The van der Waals surface area contributed by atoms with Crippen molar-refractivity contribution in [1.29, 1.82) is 0 Å². The van der Waals surface area contributed by atoms with Gasteiger partial charge in [-0.2, -0.15) is 4.31 Å². The van der Waals surface area contributed by atoms with Crippen molar-refractivity contribution in [3.05, 3.63) is 54.1 Å². The number of hydrogen-bond acceptors (Lipinski definition) is 6. The maximum atomic E-state index is 13.2. The average molecular weight is 459 g/mol. The maximum Gasteiger partial charge on any atom is 0.243 e. The van der Waals surface area contributed by atoms with Crippen molar-refractivity contribution in [2.24, 2.45) is 0 Å². The fourth-order valence-corrected chi connectivity index (χ4v) is 5.77. The summed E-state index contributed by atoms with van der Waals surface area (Å²) in [5, 5.41) is 2.85. The van der Waals surface area contributed by atoms with Crippen LogP contribution in [-0.2, 0) is 14.8 Å². The molecule has 0 aromatic heterocycles. The second-order valence-electron chi connectivity index (χ2n) is 8.21. The third-order valence-electron chi connectivity index (χ3n) is 6.05. The van der Waals surface area contributed by atoms with Crippen molar-refractivity contribution < 1.29 is 17.9 Å². The summed E-state index contributed by atoms with van der Waals surface area (Å²) in [6, 6.07) is 14.1. The number of anilines is 1. The maximum absolute atomic E-state index is 13.2. The predicted molar refractivity (Wildman–Crippen MR) is 123 cm³/mol. The fourth-order valence-electron chi connectivity index (χ4n) is 4.23. The molecule has 2 aromatic carbocycles. The molecule has 32 heavy (non-hydrogen) atoms. The van der Waals surface area contributed by atoms with Gasteiger partial charge in [0.1, 0.15) is 11.8 Å². The summed E-state index contributed by atoms with van der Waals surface area (Å²) in [6.45, 7) is 1.04. The van der Waals surface area contributed by atoms with Crippen LogP contribution in [0.25, 0.3) is 0 Å². The highest BCUT2D eigenvalue weighted by atomic mass is 32.2. The quantitative estimate of drug-likeness (QED) is 0.616. The number of rotatable bonds is 6. The summed E-state index contributed by atoms with van der Waals surface area (Å²) < 4.78 is 33.3. The third kappa shape index (κ3) is 4.96. The zero-order valence-corrected chi connectivity index (χ0v) is 19.0. The molecule has 3 N–H and O–H groups in total. The minimum Gasteiger partial charge on any atom is -0.495 e. The number of ether oxygens (including phenoxy) is 1. The third-order valence-corrected chi connectivity index (χ3v) is 7.95. The van der Waals surface area contributed by atoms with Crippen LogP contribution in [0.1, 0.15) is 43.7 Å². The molecule has 0 aliphatic carbocycles. The van der Waals surface area contributed by atoms with Gasteiger partial charge in [-0.05, 0) is 43.0 Å². The number of hydrogen-bond donors (Lipinski definition) is 3. The molecule has 8 nitrogen and oxygen atoms in total. The van der Waals surface area contributed by atoms with E-state index in [0.29, 0.717) is 30.9 Å². The van der Waals surface area contributed by atoms with Gasteiger partial charge in [-0.15, -0.1) is 0 Å². The Morgan fingerprint density at radius 2 is 1.75 bits per heavy atom. The van der Waals surface area contributed by atoms with E-state index in [1.165, 1.54) is 19.2 Å². The van der Waals surface area contributed by atoms with Gasteiger partial charge in [-0.3, -0.25) is 4.79 Å². The van der Waals surface area contributed by atoms with Gasteiger partial charge in [0.15, 0.2) is 0 Å². The zero-order chi connectivity index (χ0) is 22.6. The smallest absolute Gasteiger partial charge is 0.243 e. The molecule has 1 amide bonds. The highest BCUT2D eigenvalue weighted by Gasteiger charge is 2.31. The number of amides is 1. The van der Waals surface area contributed by atoms with Crippen LogP contribution >= 0.6 is 0 Å². The molecule has 2 atom stereocenters. The van der Waals surface area contributed by atoms with Crippen LogP contribution in [0.15, 0.2) is 53.4 Å². The van der Waals surface area contributed by atoms with E-state index in [1.807, 2.05) is 30.3 Å². The van der Waals surface area contributed by atoms with Crippen molar-refractivity contribution in [2.75, 3.05) is 25.5 Å². The summed E-state index contributed by atoms with van der Waals surface area (Å²) >= 11 is 0. The Labute approximate surface area is 189 Å². The molecular formula is C23H30N4O4S. The van der Waals surface area contributed by atoms with E-state index in [9.17, 15) is 13.2 Å². The summed E-state index contributed by atoms with van der Waals surface area (Å²) in [4.78, 5) is 13.1. The van der Waals surface area contributed by atoms with E-state index in [1.54, 1.807) is 10.4 Å². The monoisotopic (exact) mass is 458 g/mol. The SMILES string of the molecule is COc1ccc(S(=O)(=O)N2CCCCCC2)cc1NC(=O)C1CC(c2ccccc2)NN1. The standard InChI is InChI=1S/C23H30N4O4S/c1-31-22-12-11-18(32(29,30)27-13-7-2-3-8-14-27)15-20(22)24-23(28)21-16-19(25-26-21)17-9-5-4-6-10-17/h4-6,9-12,15,19,21,25-26H,2-3,7-8,13-14,16H2,1H3,(H,24,28). The second kappa shape index (κ2) is 9.99. The van der Waals surface area contributed by atoms with Gasteiger partial charge in [0.2, 0.25) is 15.9 Å². The molecule has 4 rings (SSSR count). The van der Waals surface area contributed by atoms with Gasteiger partial charge < -0.3 is 10.1 Å². The summed E-state index contributed by atoms with van der Waals surface area (Å²) in [5.41, 5.74) is 7.64. The van der Waals surface area contributed by atoms with Gasteiger partial charge >= 0.3 is 0 Å². The van der Waals surface area contributed by atoms with Gasteiger partial charge in [0.25, 0.3) is 0 Å². The lowest BCUT2D eigenvalue weighted by Gasteiger charge is -2.21. The number of carbonyl (C=O) groups excluding carboxylic acids is 1. The number of benzene rings is 2. The van der Waals surface area contributed by atoms with Crippen LogP contribution < -0.4 is 20.9 Å². The summed E-state index contributed by atoms with van der Waals surface area (Å²) in [5.74, 6) is 0.164. The predicted octanol–water partition coefficient (Wildman–Crippen LogP) is 2.81. The molecule has 2 aromatic rings. The second-order valence-corrected chi connectivity index (χ2v) is 10.1. The molecule has 172 valence electrons. The van der Waals surface area contributed by atoms with Crippen molar-refractivity contribution in [3.63, 3.8) is 0 Å². The van der Waals surface area contributed by atoms with Crippen molar-refractivity contribution >= 4 is 21.6 Å². The Morgan fingerprint density at radius 1 is 1.03 bits per heavy atom. The number of carbonyl (C=O) groups is 1. The fraction of sp³-hybridized carbons (Fsp3) is 0.435. The van der Waals surface area contributed by atoms with E-state index in [-0.39, 0.29) is 16.8 Å². The van der Waals surface area contributed by atoms with Crippen molar-refractivity contribution in [2.45, 2.75) is 49.1 Å². The lowest BCUT2D eigenvalue weighted by atomic mass is 10.0. The Balaban J connectivity index is 1.50. The molecule has 2 aliphatic heterocycles. The molecule has 2 heterocycles. The van der Waals surface area contributed by atoms with E-state index in [2.05, 4.69) is 16.2 Å². The first kappa shape index (κ1) is 22.7. The first-order valence-corrected chi connectivity index (χ1v) is 12.5. The normalized spacial score (nSPS) is 22.3. The molecule has 2 saturated heterocycles. The van der Waals surface area contributed by atoms with Crippen LogP contribution in [0.2, 0.25) is 0 Å². The number of sulfonamides is 1. The molecule has 2 fully saturated rings. The van der Waals surface area contributed by atoms with Gasteiger partial charge in [-0.25, -0.2) is 19.3 Å².